The second-order valence-corrected chi connectivity index (χ2v) is 5.40. The van der Waals surface area contributed by atoms with Gasteiger partial charge in [-0.3, -0.25) is 4.79 Å². The van der Waals surface area contributed by atoms with E-state index in [-0.39, 0.29) is 5.91 Å². The standard InChI is InChI=1S/C15H23N3O2/c1-4-18(9-5-8-17(2)3)11-6-7-12-13(10-11)16-15(20)14(12)19/h6-7,10,14,19H,4-5,8-9H2,1-3H3,(H,16,20). The molecule has 1 heterocycles. The highest BCUT2D eigenvalue weighted by molar-refractivity contribution is 6.02. The molecule has 2 rings (SSSR count). The van der Waals surface area contributed by atoms with E-state index in [1.165, 1.54) is 0 Å². The third-order valence-electron chi connectivity index (χ3n) is 3.62. The van der Waals surface area contributed by atoms with Gasteiger partial charge in [-0.25, -0.2) is 0 Å². The van der Waals surface area contributed by atoms with Crippen molar-refractivity contribution in [1.82, 2.24) is 4.90 Å². The first-order valence-electron chi connectivity index (χ1n) is 7.05. The molecular weight excluding hydrogens is 254 g/mol. The maximum atomic E-state index is 11.4. The number of amides is 1. The Morgan fingerprint density at radius 1 is 1.30 bits per heavy atom. The average Bonchev–Trinajstić information content (AvgIpc) is 2.69. The van der Waals surface area contributed by atoms with E-state index in [1.54, 1.807) is 0 Å². The fourth-order valence-electron chi connectivity index (χ4n) is 2.48. The molecule has 1 atom stereocenters. The van der Waals surface area contributed by atoms with Gasteiger partial charge in [-0.2, -0.15) is 0 Å². The molecule has 1 unspecified atom stereocenters. The van der Waals surface area contributed by atoms with Crippen LogP contribution in [0.4, 0.5) is 11.4 Å². The lowest BCUT2D eigenvalue weighted by Crippen LogP contribution is -2.27. The molecule has 1 aliphatic rings. The third-order valence-corrected chi connectivity index (χ3v) is 3.62. The lowest BCUT2D eigenvalue weighted by atomic mass is 10.1. The number of anilines is 2. The predicted molar refractivity (Wildman–Crippen MR) is 81.1 cm³/mol. The summed E-state index contributed by atoms with van der Waals surface area (Å²) >= 11 is 0. The first kappa shape index (κ1) is 14.8. The summed E-state index contributed by atoms with van der Waals surface area (Å²) in [4.78, 5) is 15.9. The van der Waals surface area contributed by atoms with Crippen molar-refractivity contribution in [2.45, 2.75) is 19.4 Å². The summed E-state index contributed by atoms with van der Waals surface area (Å²) in [5, 5.41) is 12.4. The molecule has 0 bridgehead atoms. The minimum absolute atomic E-state index is 0.340. The fourth-order valence-corrected chi connectivity index (χ4v) is 2.48. The largest absolute Gasteiger partial charge is 0.378 e. The Morgan fingerprint density at radius 3 is 2.70 bits per heavy atom. The van der Waals surface area contributed by atoms with Crippen molar-refractivity contribution >= 4 is 17.3 Å². The summed E-state index contributed by atoms with van der Waals surface area (Å²) < 4.78 is 0. The van der Waals surface area contributed by atoms with Gasteiger partial charge < -0.3 is 20.2 Å². The van der Waals surface area contributed by atoms with Gasteiger partial charge in [0.1, 0.15) is 0 Å². The Balaban J connectivity index is 2.08. The fraction of sp³-hybridized carbons (Fsp3) is 0.533. The molecule has 0 saturated heterocycles. The van der Waals surface area contributed by atoms with Gasteiger partial charge in [0.2, 0.25) is 0 Å². The Hall–Kier alpha value is -1.59. The van der Waals surface area contributed by atoms with Crippen LogP contribution in [-0.4, -0.2) is 49.6 Å². The molecule has 1 aliphatic heterocycles. The van der Waals surface area contributed by atoms with E-state index in [1.807, 2.05) is 18.2 Å². The molecule has 1 aromatic rings. The van der Waals surface area contributed by atoms with E-state index in [4.69, 9.17) is 0 Å². The van der Waals surface area contributed by atoms with Gasteiger partial charge in [-0.1, -0.05) is 6.07 Å². The summed E-state index contributed by atoms with van der Waals surface area (Å²) in [6.45, 7) is 5.07. The molecule has 0 saturated carbocycles. The quantitative estimate of drug-likeness (QED) is 0.826. The molecule has 5 heteroatoms. The number of hydrogen-bond donors (Lipinski definition) is 2. The van der Waals surface area contributed by atoms with Crippen LogP contribution in [0.25, 0.3) is 0 Å². The molecule has 0 fully saturated rings. The minimum Gasteiger partial charge on any atom is -0.378 e. The van der Waals surface area contributed by atoms with E-state index < -0.39 is 6.10 Å². The van der Waals surface area contributed by atoms with Crippen molar-refractivity contribution in [1.29, 1.82) is 0 Å². The van der Waals surface area contributed by atoms with Crippen molar-refractivity contribution in [3.8, 4) is 0 Å². The predicted octanol–water partition coefficient (Wildman–Crippen LogP) is 1.45. The molecule has 0 aliphatic carbocycles. The number of aliphatic hydroxyl groups excluding tert-OH is 1. The van der Waals surface area contributed by atoms with Crippen molar-refractivity contribution in [3.05, 3.63) is 23.8 Å². The Labute approximate surface area is 120 Å². The maximum Gasteiger partial charge on any atom is 0.257 e. The van der Waals surface area contributed by atoms with Gasteiger partial charge in [0.25, 0.3) is 5.91 Å². The van der Waals surface area contributed by atoms with Crippen LogP contribution in [0.15, 0.2) is 18.2 Å². The van der Waals surface area contributed by atoms with Crippen molar-refractivity contribution in [2.24, 2.45) is 0 Å². The zero-order valence-electron chi connectivity index (χ0n) is 12.4. The van der Waals surface area contributed by atoms with Crippen LogP contribution < -0.4 is 10.2 Å². The lowest BCUT2D eigenvalue weighted by Gasteiger charge is -2.24. The summed E-state index contributed by atoms with van der Waals surface area (Å²) in [7, 11) is 4.14. The number of carbonyl (C=O) groups is 1. The van der Waals surface area contributed by atoms with Crippen LogP contribution >= 0.6 is 0 Å². The molecular formula is C15H23N3O2. The third kappa shape index (κ3) is 3.11. The van der Waals surface area contributed by atoms with Crippen LogP contribution in [-0.2, 0) is 4.79 Å². The van der Waals surface area contributed by atoms with E-state index in [9.17, 15) is 9.90 Å². The highest BCUT2D eigenvalue weighted by Crippen LogP contribution is 2.33. The van der Waals surface area contributed by atoms with Crippen LogP contribution in [0, 0.1) is 0 Å². The van der Waals surface area contributed by atoms with E-state index >= 15 is 0 Å². The summed E-state index contributed by atoms with van der Waals surface area (Å²) in [6, 6.07) is 5.76. The molecule has 1 amide bonds. The van der Waals surface area contributed by atoms with Crippen molar-refractivity contribution in [2.75, 3.05) is 43.9 Å². The average molecular weight is 277 g/mol. The normalized spacial score (nSPS) is 17.2. The summed E-state index contributed by atoms with van der Waals surface area (Å²) in [6.07, 6.45) is 0.0651. The van der Waals surface area contributed by atoms with Crippen molar-refractivity contribution in [3.63, 3.8) is 0 Å². The second kappa shape index (κ2) is 6.24. The lowest BCUT2D eigenvalue weighted by molar-refractivity contribution is -0.123. The van der Waals surface area contributed by atoms with Crippen LogP contribution in [0.1, 0.15) is 25.0 Å². The van der Waals surface area contributed by atoms with Crippen molar-refractivity contribution < 1.29 is 9.90 Å². The Morgan fingerprint density at radius 2 is 2.05 bits per heavy atom. The number of nitrogens with one attached hydrogen (secondary N) is 1. The van der Waals surface area contributed by atoms with Gasteiger partial charge >= 0.3 is 0 Å². The number of nitrogens with zero attached hydrogens (tertiary/aromatic N) is 2. The summed E-state index contributed by atoms with van der Waals surface area (Å²) in [5.74, 6) is -0.340. The van der Waals surface area contributed by atoms with E-state index in [0.29, 0.717) is 5.56 Å². The SMILES string of the molecule is CCN(CCCN(C)C)c1ccc2c(c1)NC(=O)C2O. The number of aliphatic hydroxyl groups is 1. The number of carbonyl (C=O) groups excluding carboxylic acids is 1. The van der Waals surface area contributed by atoms with Gasteiger partial charge in [0.15, 0.2) is 6.10 Å². The number of benzene rings is 1. The van der Waals surface area contributed by atoms with Gasteiger partial charge in [0.05, 0.1) is 0 Å². The van der Waals surface area contributed by atoms with Crippen LogP contribution in [0.3, 0.4) is 0 Å². The molecule has 1 aromatic carbocycles. The first-order valence-corrected chi connectivity index (χ1v) is 7.05. The van der Waals surface area contributed by atoms with Gasteiger partial charge in [0, 0.05) is 30.0 Å². The topological polar surface area (TPSA) is 55.8 Å². The molecule has 20 heavy (non-hydrogen) atoms. The van der Waals surface area contributed by atoms with Crippen LogP contribution in [0.2, 0.25) is 0 Å². The molecule has 2 N–H and O–H groups in total. The highest BCUT2D eigenvalue weighted by atomic mass is 16.3. The molecule has 5 nitrogen and oxygen atoms in total. The van der Waals surface area contributed by atoms with E-state index in [0.717, 1.165) is 37.4 Å². The Kier molecular flexibility index (Phi) is 4.62. The smallest absolute Gasteiger partial charge is 0.257 e. The number of rotatable bonds is 6. The van der Waals surface area contributed by atoms with Gasteiger partial charge in [-0.15, -0.1) is 0 Å². The zero-order valence-corrected chi connectivity index (χ0v) is 12.4. The zero-order chi connectivity index (χ0) is 14.7. The number of hydrogen-bond acceptors (Lipinski definition) is 4. The highest BCUT2D eigenvalue weighted by Gasteiger charge is 2.28. The van der Waals surface area contributed by atoms with Crippen LogP contribution in [0.5, 0.6) is 0 Å². The van der Waals surface area contributed by atoms with E-state index in [2.05, 4.69) is 36.1 Å². The monoisotopic (exact) mass is 277 g/mol. The number of fused-ring (bicyclic) bond motifs is 1. The second-order valence-electron chi connectivity index (χ2n) is 5.40. The minimum atomic E-state index is -1.03. The summed E-state index contributed by atoms with van der Waals surface area (Å²) in [5.41, 5.74) is 2.48. The molecule has 0 radical (unpaired) electrons. The Bertz CT molecular complexity index is 488. The first-order chi connectivity index (χ1) is 9.52. The molecule has 0 aromatic heterocycles. The maximum absolute atomic E-state index is 11.4. The molecule has 0 spiro atoms. The van der Waals surface area contributed by atoms with Gasteiger partial charge in [-0.05, 0) is 46.1 Å². The molecule has 110 valence electrons.